The Kier molecular flexibility index (Phi) is 4.64. The van der Waals surface area contributed by atoms with Crippen LogP contribution in [0.5, 0.6) is 0 Å². The molecule has 0 spiro atoms. The maximum atomic E-state index is 12.7. The van der Waals surface area contributed by atoms with Crippen molar-refractivity contribution in [2.45, 2.75) is 78.2 Å². The number of likely N-dealkylation sites (tertiary alicyclic amines) is 1. The van der Waals surface area contributed by atoms with Crippen LogP contribution in [0.15, 0.2) is 30.6 Å². The number of allylic oxidation sites excluding steroid dienone is 2. The van der Waals surface area contributed by atoms with Crippen molar-refractivity contribution in [1.29, 1.82) is 0 Å². The fraction of sp³-hybridized carbons (Fsp3) is 0.692. The molecule has 3 heteroatoms. The van der Waals surface area contributed by atoms with Gasteiger partial charge in [0.2, 0.25) is 5.91 Å². The first kappa shape index (κ1) is 19.3. The number of carbonyl (C=O) groups is 1. The van der Waals surface area contributed by atoms with Crippen molar-refractivity contribution in [3.05, 3.63) is 36.2 Å². The van der Waals surface area contributed by atoms with Gasteiger partial charge in [-0.15, -0.1) is 0 Å². The van der Waals surface area contributed by atoms with Gasteiger partial charge in [-0.25, -0.2) is 0 Å². The quantitative estimate of drug-likeness (QED) is 0.645. The second-order valence-electron chi connectivity index (χ2n) is 10.6. The number of hydrogen-bond donors (Lipinski definition) is 0. The van der Waals surface area contributed by atoms with Gasteiger partial charge in [0.15, 0.2) is 0 Å². The number of piperidine rings is 1. The highest BCUT2D eigenvalue weighted by Crippen LogP contribution is 2.66. The van der Waals surface area contributed by atoms with Crippen molar-refractivity contribution < 1.29 is 4.79 Å². The predicted molar refractivity (Wildman–Crippen MR) is 117 cm³/mol. The molecule has 6 atom stereocenters. The lowest BCUT2D eigenvalue weighted by molar-refractivity contribution is -0.153. The molecule has 5 rings (SSSR count). The van der Waals surface area contributed by atoms with Crippen molar-refractivity contribution in [1.82, 2.24) is 9.88 Å². The number of hydrogen-bond acceptors (Lipinski definition) is 2. The Bertz CT molecular complexity index is 817. The van der Waals surface area contributed by atoms with E-state index in [0.717, 1.165) is 24.3 Å². The number of rotatable bonds is 2. The summed E-state index contributed by atoms with van der Waals surface area (Å²) in [6.07, 6.45) is 15.9. The van der Waals surface area contributed by atoms with Crippen molar-refractivity contribution in [2.75, 3.05) is 6.54 Å². The molecule has 156 valence electrons. The zero-order valence-electron chi connectivity index (χ0n) is 18.4. The van der Waals surface area contributed by atoms with Crippen molar-refractivity contribution in [3.63, 3.8) is 0 Å². The van der Waals surface area contributed by atoms with Gasteiger partial charge in [0, 0.05) is 31.4 Å². The molecule has 1 amide bonds. The van der Waals surface area contributed by atoms with Gasteiger partial charge in [0.05, 0.1) is 0 Å². The summed E-state index contributed by atoms with van der Waals surface area (Å²) < 4.78 is 0. The molecule has 0 N–H and O–H groups in total. The third-order valence-corrected chi connectivity index (χ3v) is 9.49. The van der Waals surface area contributed by atoms with E-state index in [4.69, 9.17) is 0 Å². The summed E-state index contributed by atoms with van der Waals surface area (Å²) in [4.78, 5) is 19.3. The van der Waals surface area contributed by atoms with Gasteiger partial charge in [0.25, 0.3) is 0 Å². The van der Waals surface area contributed by atoms with Gasteiger partial charge in [-0.1, -0.05) is 32.9 Å². The minimum absolute atomic E-state index is 0.293. The van der Waals surface area contributed by atoms with E-state index in [2.05, 4.69) is 48.1 Å². The largest absolute Gasteiger partial charge is 0.339 e. The van der Waals surface area contributed by atoms with Crippen LogP contribution in [0, 0.1) is 28.6 Å². The second kappa shape index (κ2) is 6.96. The third-order valence-electron chi connectivity index (χ3n) is 9.49. The van der Waals surface area contributed by atoms with Gasteiger partial charge >= 0.3 is 0 Å². The lowest BCUT2D eigenvalue weighted by atomic mass is 9.46. The van der Waals surface area contributed by atoms with Crippen LogP contribution in [-0.2, 0) is 4.79 Å². The number of pyridine rings is 1. The van der Waals surface area contributed by atoms with Crippen LogP contribution < -0.4 is 0 Å². The van der Waals surface area contributed by atoms with Crippen LogP contribution >= 0.6 is 0 Å². The van der Waals surface area contributed by atoms with Gasteiger partial charge in [0.1, 0.15) is 0 Å². The Labute approximate surface area is 176 Å². The summed E-state index contributed by atoms with van der Waals surface area (Å²) in [6.45, 7) is 8.08. The first-order valence-corrected chi connectivity index (χ1v) is 11.9. The SMILES string of the molecule is CCC(=O)N1CCC[C@]2(C)C3CC[C@]4(C)C(c5cccnc5)=CC[C@H]4[C@@H]3CCC12. The minimum Gasteiger partial charge on any atom is -0.339 e. The minimum atomic E-state index is 0.293. The molecule has 1 aliphatic heterocycles. The maximum Gasteiger partial charge on any atom is 0.222 e. The number of fused-ring (bicyclic) bond motifs is 5. The number of amides is 1. The second-order valence-corrected chi connectivity index (χ2v) is 10.6. The predicted octanol–water partition coefficient (Wildman–Crippen LogP) is 5.72. The first-order valence-electron chi connectivity index (χ1n) is 11.9. The molecule has 1 aromatic rings. The molecule has 2 saturated carbocycles. The highest BCUT2D eigenvalue weighted by atomic mass is 16.2. The molecule has 29 heavy (non-hydrogen) atoms. The van der Waals surface area contributed by atoms with Crippen LogP contribution in [-0.4, -0.2) is 28.4 Å². The van der Waals surface area contributed by atoms with Crippen LogP contribution in [0.3, 0.4) is 0 Å². The number of aromatic nitrogens is 1. The molecule has 0 aromatic carbocycles. The van der Waals surface area contributed by atoms with Gasteiger partial charge < -0.3 is 4.90 Å². The zero-order chi connectivity index (χ0) is 20.2. The topological polar surface area (TPSA) is 33.2 Å². The molecule has 1 saturated heterocycles. The maximum absolute atomic E-state index is 12.7. The van der Waals surface area contributed by atoms with Crippen molar-refractivity contribution in [3.8, 4) is 0 Å². The summed E-state index contributed by atoms with van der Waals surface area (Å²) in [5.41, 5.74) is 3.48. The zero-order valence-corrected chi connectivity index (χ0v) is 18.4. The molecule has 2 heterocycles. The smallest absolute Gasteiger partial charge is 0.222 e. The number of nitrogens with zero attached hydrogens (tertiary/aromatic N) is 2. The monoisotopic (exact) mass is 392 g/mol. The molecule has 3 aliphatic carbocycles. The van der Waals surface area contributed by atoms with Crippen molar-refractivity contribution >= 4 is 11.5 Å². The van der Waals surface area contributed by atoms with E-state index in [0.29, 0.717) is 29.2 Å². The highest BCUT2D eigenvalue weighted by molar-refractivity contribution is 5.76. The summed E-state index contributed by atoms with van der Waals surface area (Å²) in [5, 5.41) is 0. The van der Waals surface area contributed by atoms with E-state index in [1.54, 1.807) is 5.57 Å². The van der Waals surface area contributed by atoms with E-state index in [9.17, 15) is 4.79 Å². The fourth-order valence-corrected chi connectivity index (χ4v) is 8.12. The molecule has 1 aromatic heterocycles. The molecule has 4 aliphatic rings. The molecule has 0 bridgehead atoms. The van der Waals surface area contributed by atoms with Crippen LogP contribution in [0.1, 0.15) is 77.7 Å². The summed E-state index contributed by atoms with van der Waals surface area (Å²) >= 11 is 0. The fourth-order valence-electron chi connectivity index (χ4n) is 8.12. The van der Waals surface area contributed by atoms with E-state index in [-0.39, 0.29) is 0 Å². The summed E-state index contributed by atoms with van der Waals surface area (Å²) in [5.74, 6) is 2.71. The lowest BCUT2D eigenvalue weighted by Gasteiger charge is -2.62. The molecular weight excluding hydrogens is 356 g/mol. The standard InChI is InChI=1S/C26H36N2O/c1-4-24(29)28-16-6-13-26(3)22-12-14-25(2)20(18-7-5-15-27-17-18)9-10-21(25)19(22)8-11-23(26)28/h5,7,9,15,17,19,21-23H,4,6,8,10-14,16H2,1-3H3/t19-,21-,22?,23?,25+,26+/m0/s1. The Balaban J connectivity index is 1.43. The van der Waals surface area contributed by atoms with E-state index in [1.165, 1.54) is 50.5 Å². The van der Waals surface area contributed by atoms with Crippen LogP contribution in [0.25, 0.3) is 5.57 Å². The normalized spacial score (nSPS) is 41.2. The van der Waals surface area contributed by atoms with Gasteiger partial charge in [-0.3, -0.25) is 9.78 Å². The van der Waals surface area contributed by atoms with E-state index < -0.39 is 0 Å². The van der Waals surface area contributed by atoms with Crippen LogP contribution in [0.2, 0.25) is 0 Å². The summed E-state index contributed by atoms with van der Waals surface area (Å²) in [7, 11) is 0. The Hall–Kier alpha value is -1.64. The molecule has 2 unspecified atom stereocenters. The third kappa shape index (κ3) is 2.75. The van der Waals surface area contributed by atoms with E-state index >= 15 is 0 Å². The lowest BCUT2D eigenvalue weighted by Crippen LogP contribution is -2.61. The molecule has 0 radical (unpaired) electrons. The first-order chi connectivity index (χ1) is 14.0. The molecule has 3 nitrogen and oxygen atoms in total. The summed E-state index contributed by atoms with van der Waals surface area (Å²) in [6, 6.07) is 4.79. The van der Waals surface area contributed by atoms with Crippen LogP contribution in [0.4, 0.5) is 0 Å². The Morgan fingerprint density at radius 2 is 2.07 bits per heavy atom. The number of carbonyl (C=O) groups excluding carboxylic acids is 1. The Morgan fingerprint density at radius 1 is 1.21 bits per heavy atom. The van der Waals surface area contributed by atoms with Gasteiger partial charge in [-0.2, -0.15) is 0 Å². The van der Waals surface area contributed by atoms with Gasteiger partial charge in [-0.05, 0) is 90.7 Å². The Morgan fingerprint density at radius 3 is 2.83 bits per heavy atom. The van der Waals surface area contributed by atoms with Crippen molar-refractivity contribution in [2.24, 2.45) is 28.6 Å². The molecular formula is C26H36N2O. The average molecular weight is 393 g/mol. The van der Waals surface area contributed by atoms with E-state index in [1.807, 2.05) is 13.1 Å². The molecule has 3 fully saturated rings. The average Bonchev–Trinajstić information content (AvgIpc) is 3.10. The highest BCUT2D eigenvalue weighted by Gasteiger charge is 2.59.